The molecule has 1 atom stereocenters. The highest BCUT2D eigenvalue weighted by molar-refractivity contribution is 7.14. The summed E-state index contributed by atoms with van der Waals surface area (Å²) in [5, 5.41) is 4.85. The summed E-state index contributed by atoms with van der Waals surface area (Å²) in [6.45, 7) is 1.92. The number of ether oxygens (including phenoxy) is 1. The third-order valence-electron chi connectivity index (χ3n) is 5.36. The van der Waals surface area contributed by atoms with E-state index in [-0.39, 0.29) is 12.5 Å². The average molecular weight is 394 g/mol. The van der Waals surface area contributed by atoms with Crippen molar-refractivity contribution in [2.75, 3.05) is 11.9 Å². The Balaban J connectivity index is 1.37. The number of carbonyl (C=O) groups excluding carboxylic acids is 2. The Morgan fingerprint density at radius 3 is 2.86 bits per heavy atom. The molecule has 0 saturated heterocycles. The lowest BCUT2D eigenvalue weighted by atomic mass is 9.87. The average Bonchev–Trinajstić information content (AvgIpc) is 3.15. The lowest BCUT2D eigenvalue weighted by molar-refractivity contribution is -0.119. The van der Waals surface area contributed by atoms with E-state index >= 15 is 0 Å². The van der Waals surface area contributed by atoms with Crippen molar-refractivity contribution in [3.63, 3.8) is 0 Å². The number of carbonyl (C=O) groups is 2. The molecule has 1 aromatic heterocycles. The van der Waals surface area contributed by atoms with Gasteiger partial charge >= 0.3 is 5.97 Å². The smallest absolute Gasteiger partial charge is 0.348 e. The van der Waals surface area contributed by atoms with Crippen molar-refractivity contribution < 1.29 is 14.3 Å². The first-order valence-electron chi connectivity index (χ1n) is 9.70. The Hall–Kier alpha value is -2.66. The third kappa shape index (κ3) is 3.94. The van der Waals surface area contributed by atoms with Gasteiger partial charge in [0.2, 0.25) is 0 Å². The van der Waals surface area contributed by atoms with Gasteiger partial charge in [-0.05, 0) is 48.3 Å². The van der Waals surface area contributed by atoms with Gasteiger partial charge in [0.25, 0.3) is 5.91 Å². The van der Waals surface area contributed by atoms with Crippen LogP contribution in [0.5, 0.6) is 0 Å². The quantitative estimate of drug-likeness (QED) is 0.605. The van der Waals surface area contributed by atoms with Crippen LogP contribution in [0.1, 0.15) is 39.9 Å². The number of esters is 1. The van der Waals surface area contributed by atoms with Gasteiger partial charge in [0, 0.05) is 16.0 Å². The summed E-state index contributed by atoms with van der Waals surface area (Å²) in [6, 6.07) is 15.5. The normalized spacial score (nSPS) is 15.8. The fraction of sp³-hybridized carbons (Fsp3) is 0.304. The summed E-state index contributed by atoms with van der Waals surface area (Å²) < 4.78 is 5.26. The topological polar surface area (TPSA) is 55.4 Å². The van der Waals surface area contributed by atoms with Gasteiger partial charge in [-0.1, -0.05) is 49.7 Å². The minimum absolute atomic E-state index is 0.289. The summed E-state index contributed by atoms with van der Waals surface area (Å²) in [5.74, 6) is -0.0463. The first kappa shape index (κ1) is 18.7. The molecule has 5 heteroatoms. The molecule has 0 fully saturated rings. The molecule has 0 bridgehead atoms. The van der Waals surface area contributed by atoms with Crippen LogP contribution in [0.3, 0.4) is 0 Å². The number of hydrogen-bond donors (Lipinski definition) is 1. The molecule has 1 heterocycles. The first-order valence-corrected chi connectivity index (χ1v) is 10.5. The fourth-order valence-corrected chi connectivity index (χ4v) is 4.87. The molecule has 0 spiro atoms. The number of benzene rings is 2. The highest BCUT2D eigenvalue weighted by Crippen LogP contribution is 2.33. The van der Waals surface area contributed by atoms with E-state index in [4.69, 9.17) is 4.74 Å². The summed E-state index contributed by atoms with van der Waals surface area (Å²) in [4.78, 5) is 26.6. The molecule has 0 unspecified atom stereocenters. The number of hydrogen-bond acceptors (Lipinski definition) is 4. The molecule has 1 N–H and O–H groups in total. The van der Waals surface area contributed by atoms with Crippen LogP contribution in [-0.4, -0.2) is 18.5 Å². The standard InChI is InChI=1S/C23H23NO3S/c1-2-15-10-11-20-17(12-15)13-21(28-20)23(26)27-14-22(25)24-19-9-5-7-16-6-3-4-8-18(16)19/h3-9,13,15H,2,10-12,14H2,1H3,(H,24,25)/t15-/m1/s1. The molecule has 144 valence electrons. The van der Waals surface area contributed by atoms with E-state index in [0.29, 0.717) is 10.8 Å². The Morgan fingerprint density at radius 2 is 2.00 bits per heavy atom. The second-order valence-electron chi connectivity index (χ2n) is 7.23. The van der Waals surface area contributed by atoms with Gasteiger partial charge in [-0.15, -0.1) is 11.3 Å². The molecular weight excluding hydrogens is 370 g/mol. The highest BCUT2D eigenvalue weighted by Gasteiger charge is 2.23. The molecule has 0 radical (unpaired) electrons. The van der Waals surface area contributed by atoms with Gasteiger partial charge in [0.1, 0.15) is 4.88 Å². The highest BCUT2D eigenvalue weighted by atomic mass is 32.1. The summed E-state index contributed by atoms with van der Waals surface area (Å²) in [5.41, 5.74) is 1.99. The maximum absolute atomic E-state index is 12.4. The van der Waals surface area contributed by atoms with E-state index in [1.54, 1.807) is 0 Å². The van der Waals surface area contributed by atoms with Crippen LogP contribution in [0.15, 0.2) is 48.5 Å². The number of fused-ring (bicyclic) bond motifs is 2. The van der Waals surface area contributed by atoms with Gasteiger partial charge in [-0.2, -0.15) is 0 Å². The number of amides is 1. The number of anilines is 1. The summed E-state index contributed by atoms with van der Waals surface area (Å²) in [6.07, 6.45) is 4.43. The molecule has 0 saturated carbocycles. The Morgan fingerprint density at radius 1 is 1.18 bits per heavy atom. The summed E-state index contributed by atoms with van der Waals surface area (Å²) >= 11 is 1.51. The zero-order valence-corrected chi connectivity index (χ0v) is 16.7. The maximum Gasteiger partial charge on any atom is 0.348 e. The molecular formula is C23H23NO3S. The number of nitrogens with one attached hydrogen (secondary N) is 1. The van der Waals surface area contributed by atoms with Crippen LogP contribution in [0, 0.1) is 5.92 Å². The Kier molecular flexibility index (Phi) is 5.44. The second-order valence-corrected chi connectivity index (χ2v) is 8.36. The minimum Gasteiger partial charge on any atom is -0.451 e. The van der Waals surface area contributed by atoms with E-state index in [9.17, 15) is 9.59 Å². The second kappa shape index (κ2) is 8.15. The van der Waals surface area contributed by atoms with Gasteiger partial charge in [0.15, 0.2) is 6.61 Å². The molecule has 1 aliphatic rings. The van der Waals surface area contributed by atoms with Crippen LogP contribution in [0.4, 0.5) is 5.69 Å². The van der Waals surface area contributed by atoms with Crippen LogP contribution in [0.25, 0.3) is 10.8 Å². The third-order valence-corrected chi connectivity index (χ3v) is 6.58. The SMILES string of the molecule is CC[C@@H]1CCc2sc(C(=O)OCC(=O)Nc3cccc4ccccc34)cc2C1. The minimum atomic E-state index is -0.416. The van der Waals surface area contributed by atoms with Crippen LogP contribution < -0.4 is 5.32 Å². The molecule has 4 nitrogen and oxygen atoms in total. The van der Waals surface area contributed by atoms with Crippen molar-refractivity contribution in [3.05, 3.63) is 63.8 Å². The van der Waals surface area contributed by atoms with E-state index in [1.165, 1.54) is 34.6 Å². The largest absolute Gasteiger partial charge is 0.451 e. The lowest BCUT2D eigenvalue weighted by Gasteiger charge is -2.19. The molecule has 0 aliphatic heterocycles. The maximum atomic E-state index is 12.4. The Labute approximate surface area is 168 Å². The van der Waals surface area contributed by atoms with E-state index in [1.807, 2.05) is 48.5 Å². The van der Waals surface area contributed by atoms with Gasteiger partial charge in [0.05, 0.1) is 0 Å². The van der Waals surface area contributed by atoms with Crippen molar-refractivity contribution in [2.45, 2.75) is 32.6 Å². The van der Waals surface area contributed by atoms with Crippen LogP contribution in [-0.2, 0) is 22.4 Å². The van der Waals surface area contributed by atoms with Gasteiger partial charge < -0.3 is 10.1 Å². The molecule has 3 aromatic rings. The molecule has 1 amide bonds. The van der Waals surface area contributed by atoms with E-state index < -0.39 is 5.97 Å². The molecule has 28 heavy (non-hydrogen) atoms. The zero-order chi connectivity index (χ0) is 19.5. The number of aryl methyl sites for hydroxylation is 1. The zero-order valence-electron chi connectivity index (χ0n) is 15.9. The monoisotopic (exact) mass is 393 g/mol. The lowest BCUT2D eigenvalue weighted by Crippen LogP contribution is -2.20. The predicted molar refractivity (Wildman–Crippen MR) is 113 cm³/mol. The molecule has 1 aliphatic carbocycles. The number of rotatable bonds is 5. The predicted octanol–water partition coefficient (Wildman–Crippen LogP) is 5.21. The van der Waals surface area contributed by atoms with E-state index in [0.717, 1.165) is 29.3 Å². The van der Waals surface area contributed by atoms with Gasteiger partial charge in [-0.3, -0.25) is 4.79 Å². The van der Waals surface area contributed by atoms with Crippen LogP contribution >= 0.6 is 11.3 Å². The van der Waals surface area contributed by atoms with Gasteiger partial charge in [-0.25, -0.2) is 4.79 Å². The first-order chi connectivity index (χ1) is 13.6. The van der Waals surface area contributed by atoms with Crippen molar-refractivity contribution in [3.8, 4) is 0 Å². The Bertz CT molecular complexity index is 1020. The summed E-state index contributed by atoms with van der Waals surface area (Å²) in [7, 11) is 0. The van der Waals surface area contributed by atoms with Crippen molar-refractivity contribution in [1.82, 2.24) is 0 Å². The van der Waals surface area contributed by atoms with Crippen molar-refractivity contribution >= 4 is 39.7 Å². The fourth-order valence-electron chi connectivity index (χ4n) is 3.77. The van der Waals surface area contributed by atoms with Crippen molar-refractivity contribution in [1.29, 1.82) is 0 Å². The number of thiophene rings is 1. The van der Waals surface area contributed by atoms with Crippen LogP contribution in [0.2, 0.25) is 0 Å². The van der Waals surface area contributed by atoms with E-state index in [2.05, 4.69) is 12.2 Å². The van der Waals surface area contributed by atoms with Crippen molar-refractivity contribution in [2.24, 2.45) is 5.92 Å². The molecule has 4 rings (SSSR count). The molecule has 2 aromatic carbocycles.